The first-order valence-corrected chi connectivity index (χ1v) is 9.95. The molecule has 0 heterocycles. The summed E-state index contributed by atoms with van der Waals surface area (Å²) >= 11 is 6.05. The second-order valence-corrected chi connectivity index (χ2v) is 9.22. The summed E-state index contributed by atoms with van der Waals surface area (Å²) in [5, 5.41) is 0.463. The minimum Gasteiger partial charge on any atom is -0.212 e. The average Bonchev–Trinajstić information content (AvgIpc) is 2.48. The van der Waals surface area contributed by atoms with E-state index in [1.165, 1.54) is 5.56 Å². The molecular weight excluding hydrogens is 342 g/mol. The largest absolute Gasteiger partial charge is 0.216 e. The lowest BCUT2D eigenvalue weighted by atomic mass is 9.86. The van der Waals surface area contributed by atoms with Gasteiger partial charge in [-0.1, -0.05) is 74.8 Å². The number of hydrogen-bond donors (Lipinski definition) is 1. The van der Waals surface area contributed by atoms with Crippen molar-refractivity contribution in [2.24, 2.45) is 0 Å². The molecule has 0 aliphatic heterocycles. The van der Waals surface area contributed by atoms with Gasteiger partial charge >= 0.3 is 0 Å². The summed E-state index contributed by atoms with van der Waals surface area (Å²) in [5.74, 6) is -0.128. The van der Waals surface area contributed by atoms with E-state index in [-0.39, 0.29) is 17.2 Å². The molecule has 0 aliphatic carbocycles. The zero-order valence-electron chi connectivity index (χ0n) is 14.5. The Kier molecular flexibility index (Phi) is 5.74. The van der Waals surface area contributed by atoms with Crippen LogP contribution in [0.4, 0.5) is 0 Å². The van der Waals surface area contributed by atoms with Crippen molar-refractivity contribution in [2.45, 2.75) is 44.9 Å². The van der Waals surface area contributed by atoms with Crippen LogP contribution in [0.15, 0.2) is 48.5 Å². The van der Waals surface area contributed by atoms with Crippen molar-refractivity contribution in [2.75, 3.05) is 0 Å². The molecule has 0 saturated heterocycles. The molecular formula is C19H24ClNO2S. The maximum absolute atomic E-state index is 12.4. The number of nitrogens with one attached hydrogen (secondary N) is 1. The van der Waals surface area contributed by atoms with E-state index in [1.54, 1.807) is 24.3 Å². The van der Waals surface area contributed by atoms with Crippen LogP contribution >= 0.6 is 11.6 Å². The van der Waals surface area contributed by atoms with E-state index in [0.717, 1.165) is 5.56 Å². The van der Waals surface area contributed by atoms with Crippen LogP contribution in [-0.2, 0) is 21.2 Å². The number of benzene rings is 2. The van der Waals surface area contributed by atoms with Gasteiger partial charge in [0.05, 0.1) is 5.75 Å². The Morgan fingerprint density at radius 1 is 1.04 bits per heavy atom. The second kappa shape index (κ2) is 7.26. The van der Waals surface area contributed by atoms with E-state index in [4.69, 9.17) is 11.6 Å². The molecule has 3 nitrogen and oxygen atoms in total. The van der Waals surface area contributed by atoms with Gasteiger partial charge in [-0.2, -0.15) is 0 Å². The summed E-state index contributed by atoms with van der Waals surface area (Å²) in [7, 11) is -3.48. The van der Waals surface area contributed by atoms with Crippen molar-refractivity contribution >= 4 is 21.6 Å². The molecule has 0 aromatic heterocycles. The normalized spacial score (nSPS) is 13.7. The van der Waals surface area contributed by atoms with Gasteiger partial charge in [0, 0.05) is 11.1 Å². The second-order valence-electron chi connectivity index (χ2n) is 7.06. The molecule has 0 radical (unpaired) electrons. The van der Waals surface area contributed by atoms with Crippen LogP contribution in [0.2, 0.25) is 5.02 Å². The van der Waals surface area contributed by atoms with Crippen molar-refractivity contribution in [1.29, 1.82) is 0 Å². The number of hydrogen-bond acceptors (Lipinski definition) is 2. The Labute approximate surface area is 150 Å². The Balaban J connectivity index is 2.10. The van der Waals surface area contributed by atoms with Crippen molar-refractivity contribution in [1.82, 2.24) is 4.72 Å². The van der Waals surface area contributed by atoms with E-state index in [1.807, 2.05) is 31.2 Å². The Morgan fingerprint density at radius 3 is 2.17 bits per heavy atom. The lowest BCUT2D eigenvalue weighted by Gasteiger charge is -2.20. The van der Waals surface area contributed by atoms with E-state index >= 15 is 0 Å². The quantitative estimate of drug-likeness (QED) is 0.825. The lowest BCUT2D eigenvalue weighted by molar-refractivity contribution is 0.565. The molecule has 24 heavy (non-hydrogen) atoms. The maximum Gasteiger partial charge on any atom is 0.216 e. The van der Waals surface area contributed by atoms with Crippen molar-refractivity contribution < 1.29 is 8.42 Å². The van der Waals surface area contributed by atoms with E-state index in [9.17, 15) is 8.42 Å². The summed E-state index contributed by atoms with van der Waals surface area (Å²) in [6.45, 7) is 8.30. The first-order chi connectivity index (χ1) is 11.1. The Morgan fingerprint density at radius 2 is 1.62 bits per heavy atom. The number of rotatable bonds is 5. The SMILES string of the molecule is C[C@@H](NS(=O)(=O)Cc1ccccc1Cl)c1ccc(C(C)(C)C)cc1. The first-order valence-electron chi connectivity index (χ1n) is 7.92. The minimum atomic E-state index is -3.48. The van der Waals surface area contributed by atoms with Crippen LogP contribution in [0.25, 0.3) is 0 Å². The van der Waals surface area contributed by atoms with Crippen molar-refractivity contribution in [3.8, 4) is 0 Å². The van der Waals surface area contributed by atoms with Crippen LogP contribution in [0, 0.1) is 0 Å². The third-order valence-corrected chi connectivity index (χ3v) is 5.71. The highest BCUT2D eigenvalue weighted by atomic mass is 35.5. The van der Waals surface area contributed by atoms with Gasteiger partial charge in [0.25, 0.3) is 0 Å². The fourth-order valence-corrected chi connectivity index (χ4v) is 4.17. The smallest absolute Gasteiger partial charge is 0.212 e. The molecule has 2 rings (SSSR count). The van der Waals surface area contributed by atoms with Crippen LogP contribution in [0.3, 0.4) is 0 Å². The minimum absolute atomic E-state index is 0.0747. The monoisotopic (exact) mass is 365 g/mol. The van der Waals surface area contributed by atoms with Gasteiger partial charge in [-0.3, -0.25) is 0 Å². The zero-order chi connectivity index (χ0) is 18.0. The van der Waals surface area contributed by atoms with Gasteiger partial charge in [0.2, 0.25) is 10.0 Å². The highest BCUT2D eigenvalue weighted by Crippen LogP contribution is 2.24. The van der Waals surface area contributed by atoms with Gasteiger partial charge in [-0.25, -0.2) is 13.1 Å². The number of halogens is 1. The Bertz CT molecular complexity index is 793. The molecule has 5 heteroatoms. The number of sulfonamides is 1. The van der Waals surface area contributed by atoms with E-state index in [2.05, 4.69) is 25.5 Å². The molecule has 2 aromatic carbocycles. The predicted molar refractivity (Wildman–Crippen MR) is 101 cm³/mol. The predicted octanol–water partition coefficient (Wildman–Crippen LogP) is 4.82. The summed E-state index contributed by atoms with van der Waals surface area (Å²) in [6, 6.07) is 14.7. The maximum atomic E-state index is 12.4. The van der Waals surface area contributed by atoms with Gasteiger partial charge in [-0.05, 0) is 35.1 Å². The van der Waals surface area contributed by atoms with Gasteiger partial charge < -0.3 is 0 Å². The van der Waals surface area contributed by atoms with Crippen LogP contribution < -0.4 is 4.72 Å². The fourth-order valence-electron chi connectivity index (χ4n) is 2.47. The first kappa shape index (κ1) is 19.0. The standard InChI is InChI=1S/C19H24ClNO2S/c1-14(15-9-11-17(12-10-15)19(2,3)4)21-24(22,23)13-16-7-5-6-8-18(16)20/h5-12,14,21H,13H2,1-4H3/t14-/m1/s1. The summed E-state index contributed by atoms with van der Waals surface area (Å²) in [6.07, 6.45) is 0. The third-order valence-electron chi connectivity index (χ3n) is 3.94. The van der Waals surface area contributed by atoms with Crippen molar-refractivity contribution in [3.63, 3.8) is 0 Å². The van der Waals surface area contributed by atoms with Gasteiger partial charge in [-0.15, -0.1) is 0 Å². The molecule has 0 spiro atoms. The average molecular weight is 366 g/mol. The molecule has 0 unspecified atom stereocenters. The molecule has 1 atom stereocenters. The summed E-state index contributed by atoms with van der Waals surface area (Å²) in [4.78, 5) is 0. The summed E-state index contributed by atoms with van der Waals surface area (Å²) in [5.41, 5.74) is 2.83. The molecule has 130 valence electrons. The lowest BCUT2D eigenvalue weighted by Crippen LogP contribution is -2.28. The highest BCUT2D eigenvalue weighted by Gasteiger charge is 2.19. The van der Waals surface area contributed by atoms with Crippen LogP contribution in [-0.4, -0.2) is 8.42 Å². The van der Waals surface area contributed by atoms with Crippen LogP contribution in [0.1, 0.15) is 50.4 Å². The fraction of sp³-hybridized carbons (Fsp3) is 0.368. The van der Waals surface area contributed by atoms with E-state index in [0.29, 0.717) is 10.6 Å². The van der Waals surface area contributed by atoms with Crippen molar-refractivity contribution in [3.05, 3.63) is 70.2 Å². The molecule has 2 aromatic rings. The molecule has 0 bridgehead atoms. The molecule has 0 saturated carbocycles. The molecule has 0 amide bonds. The third kappa shape index (κ3) is 5.07. The topological polar surface area (TPSA) is 46.2 Å². The van der Waals surface area contributed by atoms with Gasteiger partial charge in [0.15, 0.2) is 0 Å². The molecule has 1 N–H and O–H groups in total. The molecule has 0 aliphatic rings. The van der Waals surface area contributed by atoms with E-state index < -0.39 is 10.0 Å². The van der Waals surface area contributed by atoms with Crippen LogP contribution in [0.5, 0.6) is 0 Å². The summed E-state index contributed by atoms with van der Waals surface area (Å²) < 4.78 is 27.5. The molecule has 0 fully saturated rings. The highest BCUT2D eigenvalue weighted by molar-refractivity contribution is 7.88. The zero-order valence-corrected chi connectivity index (χ0v) is 16.1. The Hall–Kier alpha value is -1.36. The van der Waals surface area contributed by atoms with Gasteiger partial charge in [0.1, 0.15) is 0 Å².